The Kier molecular flexibility index (Phi) is 4.00. The van der Waals surface area contributed by atoms with Gasteiger partial charge >= 0.3 is 0 Å². The molecule has 1 aromatic rings. The molecule has 0 spiro atoms. The van der Waals surface area contributed by atoms with Crippen molar-refractivity contribution >= 4 is 5.69 Å². The maximum Gasteiger partial charge on any atom is 0.146 e. The molecule has 0 saturated carbocycles. The molecule has 3 unspecified atom stereocenters. The van der Waals surface area contributed by atoms with E-state index in [9.17, 15) is 4.39 Å². The summed E-state index contributed by atoms with van der Waals surface area (Å²) >= 11 is 0. The van der Waals surface area contributed by atoms with Gasteiger partial charge in [-0.3, -0.25) is 15.5 Å². The lowest BCUT2D eigenvalue weighted by molar-refractivity contribution is -0.0193. The molecule has 2 N–H and O–H groups in total. The summed E-state index contributed by atoms with van der Waals surface area (Å²) in [6.45, 7) is 4.52. The van der Waals surface area contributed by atoms with Crippen LogP contribution >= 0.6 is 0 Å². The number of ether oxygens (including phenoxy) is 1. The molecule has 0 bridgehead atoms. The van der Waals surface area contributed by atoms with E-state index in [0.717, 1.165) is 39.3 Å². The van der Waals surface area contributed by atoms with Crippen LogP contribution in [0.3, 0.4) is 0 Å². The van der Waals surface area contributed by atoms with Crippen molar-refractivity contribution in [2.45, 2.75) is 25.0 Å². The summed E-state index contributed by atoms with van der Waals surface area (Å²) in [5.74, 6) is 0. The zero-order valence-electron chi connectivity index (χ0n) is 12.7. The van der Waals surface area contributed by atoms with Gasteiger partial charge in [-0.2, -0.15) is 0 Å². The number of para-hydroxylation sites is 1. The highest BCUT2D eigenvalue weighted by Crippen LogP contribution is 2.30. The van der Waals surface area contributed by atoms with Gasteiger partial charge in [0.1, 0.15) is 18.6 Å². The van der Waals surface area contributed by atoms with Crippen LogP contribution in [0.15, 0.2) is 24.3 Å². The van der Waals surface area contributed by atoms with Gasteiger partial charge in [-0.05, 0) is 18.1 Å². The molecule has 6 heteroatoms. The summed E-state index contributed by atoms with van der Waals surface area (Å²) in [6.07, 6.45) is -0.161. The molecule has 0 amide bonds. The van der Waals surface area contributed by atoms with Gasteiger partial charge in [0, 0.05) is 31.9 Å². The van der Waals surface area contributed by atoms with Crippen molar-refractivity contribution in [2.24, 2.45) is 0 Å². The highest BCUT2D eigenvalue weighted by molar-refractivity contribution is 5.58. The van der Waals surface area contributed by atoms with Gasteiger partial charge in [-0.15, -0.1) is 0 Å². The third kappa shape index (κ3) is 2.60. The predicted octanol–water partition coefficient (Wildman–Crippen LogP) is 0.522. The first-order valence-electron chi connectivity index (χ1n) is 8.13. The summed E-state index contributed by atoms with van der Waals surface area (Å²) in [5, 5.41) is 6.74. The average molecular weight is 306 g/mol. The first-order valence-corrected chi connectivity index (χ1v) is 8.13. The standard InChI is InChI=1S/C16H23FN4O/c17-13-11-18-16(20-7-9-22-10-8-20)19-15(13)21-6-5-12-3-1-2-4-14(12)21/h1-4,13,15-16,18-19H,5-11H2. The monoisotopic (exact) mass is 306 g/mol. The van der Waals surface area contributed by atoms with E-state index in [4.69, 9.17) is 4.74 Å². The first-order chi connectivity index (χ1) is 10.8. The summed E-state index contributed by atoms with van der Waals surface area (Å²) < 4.78 is 19.9. The fourth-order valence-corrected chi connectivity index (χ4v) is 3.67. The van der Waals surface area contributed by atoms with Crippen LogP contribution in [0.4, 0.5) is 10.1 Å². The highest BCUT2D eigenvalue weighted by atomic mass is 19.1. The van der Waals surface area contributed by atoms with Gasteiger partial charge < -0.3 is 9.64 Å². The van der Waals surface area contributed by atoms with Gasteiger partial charge in [-0.25, -0.2) is 4.39 Å². The molecule has 2 saturated heterocycles. The molecule has 5 nitrogen and oxygen atoms in total. The third-order valence-corrected chi connectivity index (χ3v) is 4.85. The molecule has 3 atom stereocenters. The van der Waals surface area contributed by atoms with Crippen molar-refractivity contribution in [3.05, 3.63) is 29.8 Å². The fraction of sp³-hybridized carbons (Fsp3) is 0.625. The molecule has 0 aliphatic carbocycles. The van der Waals surface area contributed by atoms with Gasteiger partial charge in [0.05, 0.1) is 13.2 Å². The molecule has 3 aliphatic rings. The summed E-state index contributed by atoms with van der Waals surface area (Å²) in [6, 6.07) is 8.33. The molecule has 0 aromatic heterocycles. The Morgan fingerprint density at radius 1 is 1.14 bits per heavy atom. The molecule has 2 fully saturated rings. The maximum absolute atomic E-state index is 14.5. The summed E-state index contributed by atoms with van der Waals surface area (Å²) in [5.41, 5.74) is 2.49. The Hall–Kier alpha value is -1.21. The molecule has 3 aliphatic heterocycles. The van der Waals surface area contributed by atoms with Crippen molar-refractivity contribution in [1.29, 1.82) is 0 Å². The minimum absolute atomic E-state index is 0.0219. The molecule has 120 valence electrons. The van der Waals surface area contributed by atoms with Gasteiger partial charge in [0.15, 0.2) is 0 Å². The lowest BCUT2D eigenvalue weighted by Gasteiger charge is -2.45. The van der Waals surface area contributed by atoms with E-state index in [0.29, 0.717) is 6.54 Å². The lowest BCUT2D eigenvalue weighted by atomic mass is 10.1. The molecule has 3 heterocycles. The summed E-state index contributed by atoms with van der Waals surface area (Å²) in [4.78, 5) is 4.48. The summed E-state index contributed by atoms with van der Waals surface area (Å²) in [7, 11) is 0. The van der Waals surface area contributed by atoms with E-state index in [1.165, 1.54) is 11.3 Å². The van der Waals surface area contributed by atoms with E-state index < -0.39 is 6.17 Å². The van der Waals surface area contributed by atoms with Crippen LogP contribution in [0.5, 0.6) is 0 Å². The molecular formula is C16H23FN4O. The number of morpholine rings is 1. The van der Waals surface area contributed by atoms with Crippen LogP contribution in [0.2, 0.25) is 0 Å². The number of hydrogen-bond acceptors (Lipinski definition) is 5. The second kappa shape index (κ2) is 6.12. The molecule has 22 heavy (non-hydrogen) atoms. The number of nitrogens with one attached hydrogen (secondary N) is 2. The SMILES string of the molecule is FC1CNC(N2CCOCC2)NC1N1CCc2ccccc21. The normalized spacial score (nSPS) is 33.0. The molecular weight excluding hydrogens is 283 g/mol. The van der Waals surface area contributed by atoms with Crippen LogP contribution in [0, 0.1) is 0 Å². The fourth-order valence-electron chi connectivity index (χ4n) is 3.67. The van der Waals surface area contributed by atoms with Crippen LogP contribution < -0.4 is 15.5 Å². The van der Waals surface area contributed by atoms with E-state index in [1.807, 2.05) is 6.07 Å². The Labute approximate surface area is 130 Å². The average Bonchev–Trinajstić information content (AvgIpc) is 3.00. The Balaban J connectivity index is 1.50. The molecule has 4 rings (SSSR count). The number of nitrogens with zero attached hydrogens (tertiary/aromatic N) is 2. The zero-order valence-corrected chi connectivity index (χ0v) is 12.7. The van der Waals surface area contributed by atoms with Crippen LogP contribution in [0.25, 0.3) is 0 Å². The number of alkyl halides is 1. The topological polar surface area (TPSA) is 39.8 Å². The largest absolute Gasteiger partial charge is 0.379 e. The van der Waals surface area contributed by atoms with Crippen LogP contribution in [0.1, 0.15) is 5.56 Å². The predicted molar refractivity (Wildman–Crippen MR) is 83.5 cm³/mol. The van der Waals surface area contributed by atoms with E-state index in [-0.39, 0.29) is 12.5 Å². The quantitative estimate of drug-likeness (QED) is 0.834. The molecule has 0 radical (unpaired) electrons. The van der Waals surface area contributed by atoms with Gasteiger partial charge in [-0.1, -0.05) is 18.2 Å². The van der Waals surface area contributed by atoms with E-state index in [1.54, 1.807) is 0 Å². The maximum atomic E-state index is 14.5. The minimum Gasteiger partial charge on any atom is -0.379 e. The number of benzene rings is 1. The van der Waals surface area contributed by atoms with Gasteiger partial charge in [0.2, 0.25) is 0 Å². The Bertz CT molecular complexity index is 523. The van der Waals surface area contributed by atoms with Crippen LogP contribution in [-0.2, 0) is 11.2 Å². The number of anilines is 1. The lowest BCUT2D eigenvalue weighted by Crippen LogP contribution is -2.70. The van der Waals surface area contributed by atoms with Crippen molar-refractivity contribution in [2.75, 3.05) is 44.3 Å². The van der Waals surface area contributed by atoms with Crippen molar-refractivity contribution < 1.29 is 9.13 Å². The van der Waals surface area contributed by atoms with E-state index in [2.05, 4.69) is 38.6 Å². The Morgan fingerprint density at radius 3 is 2.82 bits per heavy atom. The van der Waals surface area contributed by atoms with E-state index >= 15 is 0 Å². The smallest absolute Gasteiger partial charge is 0.146 e. The number of halogens is 1. The third-order valence-electron chi connectivity index (χ3n) is 4.85. The number of fused-ring (bicyclic) bond motifs is 1. The van der Waals surface area contributed by atoms with Crippen molar-refractivity contribution in [1.82, 2.24) is 15.5 Å². The van der Waals surface area contributed by atoms with Crippen LogP contribution in [-0.4, -0.2) is 62.9 Å². The zero-order chi connectivity index (χ0) is 14.9. The molecule has 1 aromatic carbocycles. The van der Waals surface area contributed by atoms with Crippen molar-refractivity contribution in [3.8, 4) is 0 Å². The number of hydrogen-bond donors (Lipinski definition) is 2. The van der Waals surface area contributed by atoms with Crippen molar-refractivity contribution in [3.63, 3.8) is 0 Å². The minimum atomic E-state index is -0.913. The second-order valence-electron chi connectivity index (χ2n) is 6.16. The second-order valence-corrected chi connectivity index (χ2v) is 6.16. The number of rotatable bonds is 2. The van der Waals surface area contributed by atoms with Gasteiger partial charge in [0.25, 0.3) is 0 Å². The highest BCUT2D eigenvalue weighted by Gasteiger charge is 2.38. The Morgan fingerprint density at radius 2 is 1.95 bits per heavy atom. The first kappa shape index (κ1) is 14.4.